The van der Waals surface area contributed by atoms with Gasteiger partial charge in [-0.15, -0.1) is 0 Å². The Labute approximate surface area is 221 Å². The first kappa shape index (κ1) is 22.3. The number of aromatic nitrogens is 3. The van der Waals surface area contributed by atoms with Crippen LogP contribution in [0.4, 0.5) is 0 Å². The van der Waals surface area contributed by atoms with Gasteiger partial charge in [0, 0.05) is 33.3 Å². The van der Waals surface area contributed by atoms with Crippen molar-refractivity contribution in [1.29, 1.82) is 0 Å². The van der Waals surface area contributed by atoms with Crippen LogP contribution in [0.3, 0.4) is 0 Å². The monoisotopic (exact) mass is 487 g/mol. The fourth-order valence-electron chi connectivity index (χ4n) is 5.44. The van der Waals surface area contributed by atoms with Crippen LogP contribution in [0.2, 0.25) is 0 Å². The second-order valence-electron chi connectivity index (χ2n) is 9.78. The van der Waals surface area contributed by atoms with E-state index in [1.807, 2.05) is 19.9 Å². The summed E-state index contributed by atoms with van der Waals surface area (Å²) in [6, 6.07) is 40.4. The van der Waals surface area contributed by atoms with Gasteiger partial charge < -0.3 is 0 Å². The highest BCUT2D eigenvalue weighted by molar-refractivity contribution is 6.08. The van der Waals surface area contributed by atoms with Crippen LogP contribution in [0.5, 0.6) is 0 Å². The number of benzene rings is 4. The quantitative estimate of drug-likeness (QED) is 0.234. The van der Waals surface area contributed by atoms with Gasteiger partial charge in [-0.05, 0) is 60.0 Å². The third-order valence-electron chi connectivity index (χ3n) is 7.22. The van der Waals surface area contributed by atoms with Gasteiger partial charge in [-0.1, -0.05) is 91.0 Å². The number of hydrogen-bond donors (Lipinski definition) is 0. The Morgan fingerprint density at radius 3 is 1.89 bits per heavy atom. The highest BCUT2D eigenvalue weighted by Crippen LogP contribution is 2.37. The van der Waals surface area contributed by atoms with Crippen LogP contribution in [-0.4, -0.2) is 15.0 Å². The summed E-state index contributed by atoms with van der Waals surface area (Å²) in [6.07, 6.45) is 0. The average molecular weight is 488 g/mol. The normalized spacial score (nSPS) is 11.4. The van der Waals surface area contributed by atoms with Gasteiger partial charge in [0.25, 0.3) is 0 Å². The molecule has 0 fully saturated rings. The van der Waals surface area contributed by atoms with E-state index >= 15 is 0 Å². The molecule has 0 aliphatic rings. The van der Waals surface area contributed by atoms with Crippen LogP contribution in [0, 0.1) is 13.8 Å². The SMILES string of the molecule is Cc1ccc2ccc3c(-c4cccc(-c5ccc(-c6ccccc6)c6ccccc56)n4)cc(C)nc3c2n1. The smallest absolute Gasteiger partial charge is 0.0974 e. The molecule has 180 valence electrons. The van der Waals surface area contributed by atoms with Gasteiger partial charge in [0.05, 0.1) is 22.4 Å². The predicted molar refractivity (Wildman–Crippen MR) is 158 cm³/mol. The van der Waals surface area contributed by atoms with E-state index in [0.29, 0.717) is 0 Å². The van der Waals surface area contributed by atoms with Crippen molar-refractivity contribution in [3.05, 3.63) is 127 Å². The molecule has 3 aromatic heterocycles. The van der Waals surface area contributed by atoms with E-state index in [4.69, 9.17) is 15.0 Å². The van der Waals surface area contributed by atoms with Gasteiger partial charge in [0.2, 0.25) is 0 Å². The summed E-state index contributed by atoms with van der Waals surface area (Å²) in [6.45, 7) is 4.06. The maximum absolute atomic E-state index is 5.21. The van der Waals surface area contributed by atoms with E-state index in [2.05, 4.69) is 109 Å². The Hall–Kier alpha value is -4.89. The van der Waals surface area contributed by atoms with E-state index < -0.39 is 0 Å². The van der Waals surface area contributed by atoms with Crippen molar-refractivity contribution in [3.8, 4) is 33.6 Å². The van der Waals surface area contributed by atoms with E-state index in [1.54, 1.807) is 0 Å². The number of fused-ring (bicyclic) bond motifs is 4. The first-order valence-corrected chi connectivity index (χ1v) is 12.9. The zero-order valence-corrected chi connectivity index (χ0v) is 21.3. The minimum atomic E-state index is 0.922. The van der Waals surface area contributed by atoms with E-state index in [-0.39, 0.29) is 0 Å². The first-order chi connectivity index (χ1) is 18.7. The lowest BCUT2D eigenvalue weighted by Gasteiger charge is -2.14. The molecule has 7 rings (SSSR count). The van der Waals surface area contributed by atoms with Gasteiger partial charge in [0.15, 0.2) is 0 Å². The summed E-state index contributed by atoms with van der Waals surface area (Å²) in [5.41, 5.74) is 10.3. The summed E-state index contributed by atoms with van der Waals surface area (Å²) < 4.78 is 0. The second-order valence-corrected chi connectivity index (χ2v) is 9.78. The molecule has 38 heavy (non-hydrogen) atoms. The van der Waals surface area contributed by atoms with Crippen molar-refractivity contribution in [2.75, 3.05) is 0 Å². The fourth-order valence-corrected chi connectivity index (χ4v) is 5.44. The zero-order valence-electron chi connectivity index (χ0n) is 21.3. The third kappa shape index (κ3) is 3.72. The molecule has 0 unspecified atom stereocenters. The molecule has 0 atom stereocenters. The fraction of sp³-hybridized carbons (Fsp3) is 0.0571. The summed E-state index contributed by atoms with van der Waals surface area (Å²) in [7, 11) is 0. The summed E-state index contributed by atoms with van der Waals surface area (Å²) >= 11 is 0. The zero-order chi connectivity index (χ0) is 25.6. The van der Waals surface area contributed by atoms with Crippen molar-refractivity contribution < 1.29 is 0 Å². The molecule has 0 N–H and O–H groups in total. The number of rotatable bonds is 3. The van der Waals surface area contributed by atoms with Crippen LogP contribution in [0.25, 0.3) is 66.2 Å². The predicted octanol–water partition coefficient (Wildman–Crippen LogP) is 8.95. The number of nitrogens with zero attached hydrogens (tertiary/aromatic N) is 3. The summed E-state index contributed by atoms with van der Waals surface area (Å²) in [5, 5.41) is 4.58. The molecule has 3 nitrogen and oxygen atoms in total. The van der Waals surface area contributed by atoms with Crippen LogP contribution < -0.4 is 0 Å². The highest BCUT2D eigenvalue weighted by atomic mass is 14.8. The number of hydrogen-bond acceptors (Lipinski definition) is 3. The van der Waals surface area contributed by atoms with Crippen LogP contribution in [0.15, 0.2) is 115 Å². The minimum Gasteiger partial charge on any atom is -0.251 e. The molecule has 4 aromatic carbocycles. The Bertz CT molecular complexity index is 1990. The van der Waals surface area contributed by atoms with Gasteiger partial charge in [-0.2, -0.15) is 0 Å². The van der Waals surface area contributed by atoms with Crippen molar-refractivity contribution in [1.82, 2.24) is 15.0 Å². The largest absolute Gasteiger partial charge is 0.251 e. The molecular weight excluding hydrogens is 462 g/mol. The number of aryl methyl sites for hydroxylation is 2. The Kier molecular flexibility index (Phi) is 5.22. The minimum absolute atomic E-state index is 0.922. The van der Waals surface area contributed by atoms with E-state index in [0.717, 1.165) is 55.7 Å². The molecule has 0 spiro atoms. The summed E-state index contributed by atoms with van der Waals surface area (Å²) in [4.78, 5) is 14.9. The van der Waals surface area contributed by atoms with Crippen LogP contribution >= 0.6 is 0 Å². The molecular formula is C35H25N3. The molecule has 0 bridgehead atoms. The van der Waals surface area contributed by atoms with E-state index in [9.17, 15) is 0 Å². The highest BCUT2D eigenvalue weighted by Gasteiger charge is 2.14. The Morgan fingerprint density at radius 2 is 1.08 bits per heavy atom. The van der Waals surface area contributed by atoms with Gasteiger partial charge in [-0.3, -0.25) is 9.97 Å². The molecule has 0 aliphatic heterocycles. The van der Waals surface area contributed by atoms with Crippen molar-refractivity contribution in [2.24, 2.45) is 0 Å². The maximum atomic E-state index is 5.21. The summed E-state index contributed by atoms with van der Waals surface area (Å²) in [5.74, 6) is 0. The van der Waals surface area contributed by atoms with Gasteiger partial charge in [-0.25, -0.2) is 4.98 Å². The molecule has 0 saturated heterocycles. The molecule has 3 heteroatoms. The lowest BCUT2D eigenvalue weighted by molar-refractivity contribution is 1.22. The molecule has 0 radical (unpaired) electrons. The van der Waals surface area contributed by atoms with Crippen LogP contribution in [0.1, 0.15) is 11.4 Å². The van der Waals surface area contributed by atoms with Crippen LogP contribution in [-0.2, 0) is 0 Å². The number of pyridine rings is 3. The van der Waals surface area contributed by atoms with Crippen molar-refractivity contribution >= 4 is 32.6 Å². The molecule has 3 heterocycles. The molecule has 7 aromatic rings. The third-order valence-corrected chi connectivity index (χ3v) is 7.22. The van der Waals surface area contributed by atoms with Gasteiger partial charge >= 0.3 is 0 Å². The maximum Gasteiger partial charge on any atom is 0.0974 e. The standard InChI is InChI=1S/C35H25N3/c1-22-15-16-25-17-18-30-31(21-23(2)37-35(30)34(25)36-22)33-14-8-13-32(38-33)29-20-19-26(24-9-4-3-5-10-24)27-11-6-7-12-28(27)29/h3-21H,1-2H3. The lowest BCUT2D eigenvalue weighted by atomic mass is 9.93. The van der Waals surface area contributed by atoms with E-state index in [1.165, 1.54) is 21.9 Å². The average Bonchev–Trinajstić information content (AvgIpc) is 2.96. The lowest BCUT2D eigenvalue weighted by Crippen LogP contribution is -1.95. The van der Waals surface area contributed by atoms with Gasteiger partial charge in [0.1, 0.15) is 0 Å². The second kappa shape index (κ2) is 8.89. The molecule has 0 aliphatic carbocycles. The van der Waals surface area contributed by atoms with Crippen molar-refractivity contribution in [3.63, 3.8) is 0 Å². The Balaban J connectivity index is 1.43. The molecule has 0 saturated carbocycles. The first-order valence-electron chi connectivity index (χ1n) is 12.9. The molecule has 0 amide bonds. The topological polar surface area (TPSA) is 38.7 Å². The van der Waals surface area contributed by atoms with Crippen molar-refractivity contribution in [2.45, 2.75) is 13.8 Å². The Morgan fingerprint density at radius 1 is 0.421 bits per heavy atom.